The first-order valence-electron chi connectivity index (χ1n) is 11.2. The van der Waals surface area contributed by atoms with E-state index < -0.39 is 0 Å². The third-order valence-electron chi connectivity index (χ3n) is 5.82. The summed E-state index contributed by atoms with van der Waals surface area (Å²) in [4.78, 5) is 9.82. The molecule has 0 aliphatic heterocycles. The summed E-state index contributed by atoms with van der Waals surface area (Å²) >= 11 is 6.07. The lowest BCUT2D eigenvalue weighted by atomic mass is 9.92. The Morgan fingerprint density at radius 1 is 1.03 bits per heavy atom. The molecule has 0 spiro atoms. The van der Waals surface area contributed by atoms with E-state index in [1.165, 1.54) is 0 Å². The van der Waals surface area contributed by atoms with E-state index in [4.69, 9.17) is 32.4 Å². The Bertz CT molecular complexity index is 1030. The van der Waals surface area contributed by atoms with Crippen LogP contribution in [-0.2, 0) is 0 Å². The van der Waals surface area contributed by atoms with Gasteiger partial charge in [0.15, 0.2) is 5.82 Å². The van der Waals surface area contributed by atoms with Gasteiger partial charge in [-0.3, -0.25) is 4.68 Å². The molecule has 0 bridgehead atoms. The van der Waals surface area contributed by atoms with Gasteiger partial charge in [0.25, 0.3) is 0 Å². The molecule has 0 amide bonds. The van der Waals surface area contributed by atoms with Crippen molar-refractivity contribution in [2.45, 2.75) is 77.4 Å². The van der Waals surface area contributed by atoms with E-state index in [9.17, 15) is 0 Å². The third-order valence-corrected chi connectivity index (χ3v) is 6.07. The van der Waals surface area contributed by atoms with Gasteiger partial charge in [-0.2, -0.15) is 10.1 Å². The van der Waals surface area contributed by atoms with Crippen molar-refractivity contribution in [3.05, 3.63) is 35.0 Å². The van der Waals surface area contributed by atoms with E-state index in [1.807, 2.05) is 28.9 Å². The van der Waals surface area contributed by atoms with Crippen molar-refractivity contribution in [2.24, 2.45) is 5.73 Å². The SMILES string of the molecule is CC(C)c1nn(C(C)C)c2c(Nc3ccc(Cl)cc3)nc(NC3CCC(N)CC3)nc12. The number of halogens is 1. The molecule has 0 unspecified atom stereocenters. The molecule has 1 aliphatic carbocycles. The van der Waals surface area contributed by atoms with Gasteiger partial charge in [0.1, 0.15) is 11.0 Å². The molecule has 0 radical (unpaired) electrons. The third kappa shape index (κ3) is 4.77. The number of benzene rings is 1. The highest BCUT2D eigenvalue weighted by Gasteiger charge is 2.24. The van der Waals surface area contributed by atoms with Crippen LogP contribution in [0.5, 0.6) is 0 Å². The first-order chi connectivity index (χ1) is 14.8. The molecule has 166 valence electrons. The van der Waals surface area contributed by atoms with Crippen LogP contribution in [0, 0.1) is 0 Å². The number of anilines is 3. The number of nitrogens with two attached hydrogens (primary N) is 1. The molecule has 1 fully saturated rings. The molecular weight excluding hydrogens is 410 g/mol. The Hall–Kier alpha value is -2.38. The standard InChI is InChI=1S/C23H32ClN7/c1-13(2)19-20-21(31(30-19)14(3)4)22(26-17-9-5-15(24)6-10-17)29-23(28-20)27-18-11-7-16(25)8-12-18/h5-6,9-10,13-14,16,18H,7-8,11-12,25H2,1-4H3,(H2,26,27,28,29). The summed E-state index contributed by atoms with van der Waals surface area (Å²) in [6, 6.07) is 8.46. The van der Waals surface area contributed by atoms with Crippen LogP contribution in [0.25, 0.3) is 11.0 Å². The summed E-state index contributed by atoms with van der Waals surface area (Å²) in [6.45, 7) is 8.55. The minimum Gasteiger partial charge on any atom is -0.351 e. The fourth-order valence-electron chi connectivity index (χ4n) is 4.09. The lowest BCUT2D eigenvalue weighted by Crippen LogP contribution is -2.33. The van der Waals surface area contributed by atoms with Gasteiger partial charge < -0.3 is 16.4 Å². The van der Waals surface area contributed by atoms with E-state index in [2.05, 4.69) is 38.3 Å². The lowest BCUT2D eigenvalue weighted by Gasteiger charge is -2.27. The van der Waals surface area contributed by atoms with Crippen molar-refractivity contribution in [1.82, 2.24) is 19.7 Å². The Balaban J connectivity index is 1.79. The molecule has 0 atom stereocenters. The molecule has 4 N–H and O–H groups in total. The second kappa shape index (κ2) is 9.01. The molecular formula is C23H32ClN7. The maximum Gasteiger partial charge on any atom is 0.225 e. The van der Waals surface area contributed by atoms with Crippen molar-refractivity contribution in [2.75, 3.05) is 10.6 Å². The summed E-state index contributed by atoms with van der Waals surface area (Å²) < 4.78 is 2.02. The Morgan fingerprint density at radius 2 is 1.71 bits per heavy atom. The highest BCUT2D eigenvalue weighted by molar-refractivity contribution is 6.30. The highest BCUT2D eigenvalue weighted by atomic mass is 35.5. The summed E-state index contributed by atoms with van der Waals surface area (Å²) in [5.74, 6) is 1.63. The van der Waals surface area contributed by atoms with E-state index in [-0.39, 0.29) is 12.0 Å². The topological polar surface area (TPSA) is 93.7 Å². The monoisotopic (exact) mass is 441 g/mol. The molecule has 7 nitrogen and oxygen atoms in total. The highest BCUT2D eigenvalue weighted by Crippen LogP contribution is 2.33. The predicted octanol–water partition coefficient (Wildman–Crippen LogP) is 5.61. The fourth-order valence-corrected chi connectivity index (χ4v) is 4.22. The minimum absolute atomic E-state index is 0.183. The number of nitrogens with zero attached hydrogens (tertiary/aromatic N) is 4. The van der Waals surface area contributed by atoms with Gasteiger partial charge in [0, 0.05) is 28.8 Å². The minimum atomic E-state index is 0.183. The van der Waals surface area contributed by atoms with Gasteiger partial charge >= 0.3 is 0 Å². The van der Waals surface area contributed by atoms with Gasteiger partial charge in [0.05, 0.1) is 5.69 Å². The maximum atomic E-state index is 6.08. The molecule has 3 aromatic rings. The van der Waals surface area contributed by atoms with E-state index in [1.54, 1.807) is 0 Å². The average Bonchev–Trinajstić information content (AvgIpc) is 3.12. The molecule has 2 aromatic heterocycles. The zero-order valence-electron chi connectivity index (χ0n) is 18.7. The van der Waals surface area contributed by atoms with E-state index >= 15 is 0 Å². The first kappa shape index (κ1) is 21.8. The maximum absolute atomic E-state index is 6.08. The Kier molecular flexibility index (Phi) is 6.34. The van der Waals surface area contributed by atoms with Crippen LogP contribution in [-0.4, -0.2) is 31.8 Å². The number of aromatic nitrogens is 4. The number of nitrogens with one attached hydrogen (secondary N) is 2. The van der Waals surface area contributed by atoms with Gasteiger partial charge in [0.2, 0.25) is 5.95 Å². The van der Waals surface area contributed by atoms with Crippen molar-refractivity contribution in [3.8, 4) is 0 Å². The molecule has 1 aliphatic rings. The average molecular weight is 442 g/mol. The van der Waals surface area contributed by atoms with Crippen molar-refractivity contribution < 1.29 is 0 Å². The number of rotatable bonds is 6. The van der Waals surface area contributed by atoms with Crippen molar-refractivity contribution in [1.29, 1.82) is 0 Å². The molecule has 1 aromatic carbocycles. The van der Waals surface area contributed by atoms with E-state index in [0.29, 0.717) is 23.1 Å². The second-order valence-electron chi connectivity index (χ2n) is 9.06. The largest absolute Gasteiger partial charge is 0.351 e. The molecule has 2 heterocycles. The molecule has 0 saturated heterocycles. The summed E-state index contributed by atoms with van der Waals surface area (Å²) in [5.41, 5.74) is 9.80. The Morgan fingerprint density at radius 3 is 2.32 bits per heavy atom. The zero-order chi connectivity index (χ0) is 22.1. The fraction of sp³-hybridized carbons (Fsp3) is 0.522. The van der Waals surface area contributed by atoms with Crippen LogP contribution < -0.4 is 16.4 Å². The van der Waals surface area contributed by atoms with Crippen LogP contribution in [0.4, 0.5) is 17.5 Å². The Labute approximate surface area is 188 Å². The second-order valence-corrected chi connectivity index (χ2v) is 9.50. The lowest BCUT2D eigenvalue weighted by molar-refractivity contribution is 0.410. The summed E-state index contributed by atoms with van der Waals surface area (Å²) in [7, 11) is 0. The molecule has 8 heteroatoms. The summed E-state index contributed by atoms with van der Waals surface area (Å²) in [5, 5.41) is 12.6. The van der Waals surface area contributed by atoms with Crippen LogP contribution >= 0.6 is 11.6 Å². The van der Waals surface area contributed by atoms with Crippen LogP contribution in [0.15, 0.2) is 24.3 Å². The van der Waals surface area contributed by atoms with Gasteiger partial charge in [-0.25, -0.2) is 4.98 Å². The molecule has 4 rings (SSSR count). The van der Waals surface area contributed by atoms with Crippen LogP contribution in [0.3, 0.4) is 0 Å². The summed E-state index contributed by atoms with van der Waals surface area (Å²) in [6.07, 6.45) is 4.12. The molecule has 31 heavy (non-hydrogen) atoms. The number of fused-ring (bicyclic) bond motifs is 1. The van der Waals surface area contributed by atoms with Gasteiger partial charge in [-0.1, -0.05) is 25.4 Å². The van der Waals surface area contributed by atoms with E-state index in [0.717, 1.165) is 53.9 Å². The van der Waals surface area contributed by atoms with Crippen LogP contribution in [0.2, 0.25) is 5.02 Å². The first-order valence-corrected chi connectivity index (χ1v) is 11.5. The normalized spacial score (nSPS) is 19.4. The van der Waals surface area contributed by atoms with Gasteiger partial charge in [-0.15, -0.1) is 0 Å². The van der Waals surface area contributed by atoms with Crippen molar-refractivity contribution in [3.63, 3.8) is 0 Å². The molecule has 1 saturated carbocycles. The van der Waals surface area contributed by atoms with Crippen molar-refractivity contribution >= 4 is 40.1 Å². The number of hydrogen-bond acceptors (Lipinski definition) is 6. The number of hydrogen-bond donors (Lipinski definition) is 3. The predicted molar refractivity (Wildman–Crippen MR) is 128 cm³/mol. The van der Waals surface area contributed by atoms with Crippen LogP contribution in [0.1, 0.15) is 71.0 Å². The quantitative estimate of drug-likeness (QED) is 0.460. The zero-order valence-corrected chi connectivity index (χ0v) is 19.4. The smallest absolute Gasteiger partial charge is 0.225 e. The van der Waals surface area contributed by atoms with Gasteiger partial charge in [-0.05, 0) is 69.7 Å².